The summed E-state index contributed by atoms with van der Waals surface area (Å²) < 4.78 is 5.07. The molecule has 0 aliphatic heterocycles. The topological polar surface area (TPSA) is 67.4 Å². The number of carbonyl (C=O) groups is 2. The van der Waals surface area contributed by atoms with Crippen LogP contribution in [0, 0.1) is 0 Å². The third-order valence-corrected chi connectivity index (χ3v) is 3.68. The number of hydrazine groups is 1. The van der Waals surface area contributed by atoms with E-state index in [2.05, 4.69) is 24.7 Å². The van der Waals surface area contributed by atoms with Gasteiger partial charge in [-0.15, -0.1) is 0 Å². The Morgan fingerprint density at radius 3 is 2.12 bits per heavy atom. The molecular weight excluding hydrogens is 304 g/mol. The molecule has 0 radical (unpaired) electrons. The molecule has 2 amide bonds. The highest BCUT2D eigenvalue weighted by Crippen LogP contribution is 2.14. The minimum Gasteiger partial charge on any atom is -0.497 e. The standard InChI is InChI=1S/C19H22N2O3/c1-13(2)15-6-8-16(9-7-15)19(23)21-20-18(22)12-14-4-10-17(24-3)11-5-14/h4-11,13H,12H2,1-3H3,(H,20,22)(H,21,23). The fourth-order valence-corrected chi connectivity index (χ4v) is 2.19. The summed E-state index contributed by atoms with van der Waals surface area (Å²) in [6.07, 6.45) is 0.177. The molecule has 0 heterocycles. The van der Waals surface area contributed by atoms with Crippen molar-refractivity contribution in [3.8, 4) is 5.75 Å². The van der Waals surface area contributed by atoms with Crippen LogP contribution in [0.4, 0.5) is 0 Å². The molecule has 2 rings (SSSR count). The van der Waals surface area contributed by atoms with Gasteiger partial charge in [0.05, 0.1) is 13.5 Å². The molecule has 2 aromatic carbocycles. The van der Waals surface area contributed by atoms with Gasteiger partial charge in [-0.3, -0.25) is 20.4 Å². The van der Waals surface area contributed by atoms with Crippen LogP contribution in [0.2, 0.25) is 0 Å². The van der Waals surface area contributed by atoms with Crippen LogP contribution >= 0.6 is 0 Å². The Kier molecular flexibility index (Phi) is 5.95. The minimum atomic E-state index is -0.339. The zero-order chi connectivity index (χ0) is 17.5. The normalized spacial score (nSPS) is 10.3. The van der Waals surface area contributed by atoms with Crippen molar-refractivity contribution in [3.63, 3.8) is 0 Å². The highest BCUT2D eigenvalue weighted by atomic mass is 16.5. The van der Waals surface area contributed by atoms with Crippen molar-refractivity contribution in [3.05, 3.63) is 65.2 Å². The average molecular weight is 326 g/mol. The number of rotatable bonds is 5. The lowest BCUT2D eigenvalue weighted by Gasteiger charge is -2.09. The molecule has 0 aromatic heterocycles. The first-order valence-corrected chi connectivity index (χ1v) is 7.81. The Morgan fingerprint density at radius 1 is 0.958 bits per heavy atom. The monoisotopic (exact) mass is 326 g/mol. The van der Waals surface area contributed by atoms with E-state index in [1.807, 2.05) is 24.3 Å². The number of carbonyl (C=O) groups excluding carboxylic acids is 2. The molecule has 0 saturated carbocycles. The van der Waals surface area contributed by atoms with Crippen molar-refractivity contribution < 1.29 is 14.3 Å². The zero-order valence-electron chi connectivity index (χ0n) is 14.1. The van der Waals surface area contributed by atoms with Crippen molar-refractivity contribution in [2.75, 3.05) is 7.11 Å². The summed E-state index contributed by atoms with van der Waals surface area (Å²) >= 11 is 0. The van der Waals surface area contributed by atoms with Crippen LogP contribution in [0.3, 0.4) is 0 Å². The SMILES string of the molecule is COc1ccc(CC(=O)NNC(=O)c2ccc(C(C)C)cc2)cc1. The predicted molar refractivity (Wildman–Crippen MR) is 92.8 cm³/mol. The molecule has 0 unspecified atom stereocenters. The summed E-state index contributed by atoms with van der Waals surface area (Å²) in [5.41, 5.74) is 7.36. The van der Waals surface area contributed by atoms with E-state index in [1.54, 1.807) is 31.4 Å². The molecule has 0 spiro atoms. The third kappa shape index (κ3) is 4.84. The van der Waals surface area contributed by atoms with Gasteiger partial charge >= 0.3 is 0 Å². The maximum absolute atomic E-state index is 12.0. The quantitative estimate of drug-likeness (QED) is 0.830. The van der Waals surface area contributed by atoms with E-state index in [4.69, 9.17) is 4.74 Å². The Hall–Kier alpha value is -2.82. The Balaban J connectivity index is 1.85. The largest absolute Gasteiger partial charge is 0.497 e. The second kappa shape index (κ2) is 8.15. The summed E-state index contributed by atoms with van der Waals surface area (Å²) in [7, 11) is 1.59. The molecule has 5 heteroatoms. The molecule has 0 aliphatic carbocycles. The number of benzene rings is 2. The number of amides is 2. The van der Waals surface area contributed by atoms with Gasteiger partial charge in [0, 0.05) is 5.56 Å². The van der Waals surface area contributed by atoms with Crippen molar-refractivity contribution in [1.29, 1.82) is 0 Å². The first kappa shape index (κ1) is 17.5. The van der Waals surface area contributed by atoms with Gasteiger partial charge in [0.25, 0.3) is 5.91 Å². The van der Waals surface area contributed by atoms with Crippen LogP contribution in [0.15, 0.2) is 48.5 Å². The van der Waals surface area contributed by atoms with Crippen LogP contribution in [0.5, 0.6) is 5.75 Å². The molecule has 2 N–H and O–H groups in total. The van der Waals surface area contributed by atoms with Crippen molar-refractivity contribution in [2.45, 2.75) is 26.2 Å². The molecule has 5 nitrogen and oxygen atoms in total. The lowest BCUT2D eigenvalue weighted by atomic mass is 10.0. The molecule has 2 aromatic rings. The average Bonchev–Trinajstić information content (AvgIpc) is 2.60. The molecular formula is C19H22N2O3. The second-order valence-electron chi connectivity index (χ2n) is 5.80. The van der Waals surface area contributed by atoms with Gasteiger partial charge < -0.3 is 4.74 Å². The zero-order valence-corrected chi connectivity index (χ0v) is 14.1. The molecule has 0 bridgehead atoms. The molecule has 24 heavy (non-hydrogen) atoms. The molecule has 0 atom stereocenters. The fraction of sp³-hybridized carbons (Fsp3) is 0.263. The first-order valence-electron chi connectivity index (χ1n) is 7.81. The second-order valence-corrected chi connectivity index (χ2v) is 5.80. The molecule has 0 fully saturated rings. The van der Waals surface area contributed by atoms with Crippen LogP contribution in [-0.2, 0) is 11.2 Å². The third-order valence-electron chi connectivity index (χ3n) is 3.68. The van der Waals surface area contributed by atoms with Gasteiger partial charge in [0.2, 0.25) is 5.91 Å². The Morgan fingerprint density at radius 2 is 1.58 bits per heavy atom. The summed E-state index contributed by atoms with van der Waals surface area (Å²) in [4.78, 5) is 23.9. The van der Waals surface area contributed by atoms with Gasteiger partial charge in [0.15, 0.2) is 0 Å². The summed E-state index contributed by atoms with van der Waals surface area (Å²) in [5.74, 6) is 0.518. The van der Waals surface area contributed by atoms with Gasteiger partial charge in [-0.2, -0.15) is 0 Å². The number of ether oxygens (including phenoxy) is 1. The van der Waals surface area contributed by atoms with Crippen molar-refractivity contribution >= 4 is 11.8 Å². The number of methoxy groups -OCH3 is 1. The van der Waals surface area contributed by atoms with Crippen molar-refractivity contribution in [2.24, 2.45) is 0 Å². The van der Waals surface area contributed by atoms with Crippen LogP contribution in [0.25, 0.3) is 0 Å². The maximum Gasteiger partial charge on any atom is 0.269 e. The van der Waals surface area contributed by atoms with Gasteiger partial charge in [-0.1, -0.05) is 38.1 Å². The van der Waals surface area contributed by atoms with E-state index >= 15 is 0 Å². The van der Waals surface area contributed by atoms with Crippen LogP contribution in [-0.4, -0.2) is 18.9 Å². The number of hydrogen-bond acceptors (Lipinski definition) is 3. The van der Waals surface area contributed by atoms with E-state index in [0.717, 1.165) is 16.9 Å². The first-order chi connectivity index (χ1) is 11.5. The molecule has 0 aliphatic rings. The van der Waals surface area contributed by atoms with Crippen LogP contribution < -0.4 is 15.6 Å². The van der Waals surface area contributed by atoms with E-state index in [-0.39, 0.29) is 18.2 Å². The Labute approximate surface area is 142 Å². The smallest absolute Gasteiger partial charge is 0.269 e. The lowest BCUT2D eigenvalue weighted by molar-refractivity contribution is -0.121. The highest BCUT2D eigenvalue weighted by molar-refractivity contribution is 5.95. The summed E-state index contributed by atoms with van der Waals surface area (Å²) in [6, 6.07) is 14.5. The van der Waals surface area contributed by atoms with Gasteiger partial charge in [-0.25, -0.2) is 0 Å². The number of nitrogens with one attached hydrogen (secondary N) is 2. The van der Waals surface area contributed by atoms with E-state index in [1.165, 1.54) is 0 Å². The van der Waals surface area contributed by atoms with Gasteiger partial charge in [-0.05, 0) is 41.3 Å². The van der Waals surface area contributed by atoms with Gasteiger partial charge in [0.1, 0.15) is 5.75 Å². The van der Waals surface area contributed by atoms with E-state index in [9.17, 15) is 9.59 Å². The highest BCUT2D eigenvalue weighted by Gasteiger charge is 2.09. The summed E-state index contributed by atoms with van der Waals surface area (Å²) in [6.45, 7) is 4.18. The lowest BCUT2D eigenvalue weighted by Crippen LogP contribution is -2.42. The Bertz CT molecular complexity index is 692. The summed E-state index contributed by atoms with van der Waals surface area (Å²) in [5, 5.41) is 0. The van der Waals surface area contributed by atoms with Crippen LogP contribution in [0.1, 0.15) is 41.3 Å². The molecule has 126 valence electrons. The fourth-order valence-electron chi connectivity index (χ4n) is 2.19. The maximum atomic E-state index is 12.0. The van der Waals surface area contributed by atoms with E-state index in [0.29, 0.717) is 11.5 Å². The van der Waals surface area contributed by atoms with Crippen molar-refractivity contribution in [1.82, 2.24) is 10.9 Å². The minimum absolute atomic E-state index is 0.177. The van der Waals surface area contributed by atoms with E-state index < -0.39 is 0 Å². The predicted octanol–water partition coefficient (Wildman–Crippen LogP) is 2.82. The number of hydrogen-bond donors (Lipinski definition) is 2. The molecule has 0 saturated heterocycles.